The van der Waals surface area contributed by atoms with Crippen molar-refractivity contribution in [3.8, 4) is 0 Å². The Morgan fingerprint density at radius 3 is 2.06 bits per heavy atom. The van der Waals surface area contributed by atoms with E-state index in [1.165, 1.54) is 0 Å². The highest BCUT2D eigenvalue weighted by molar-refractivity contribution is 5.59. The molecule has 5 N–H and O–H groups in total. The molecule has 0 aromatic heterocycles. The Hall–Kier alpha value is -0.690. The molecule has 0 aromatic carbocycles. The van der Waals surface area contributed by atoms with Crippen LogP contribution in [0.2, 0.25) is 0 Å². The number of nitrogens with one attached hydrogen (secondary N) is 1. The number of hydrogen-bond acceptors (Lipinski definition) is 5. The van der Waals surface area contributed by atoms with Crippen molar-refractivity contribution in [2.45, 2.75) is 65.5 Å². The zero-order chi connectivity index (χ0) is 14.6. The first-order valence-electron chi connectivity index (χ1n) is 6.39. The second kappa shape index (κ2) is 5.97. The van der Waals surface area contributed by atoms with Gasteiger partial charge >= 0.3 is 6.09 Å². The first kappa shape index (κ1) is 17.3. The predicted octanol–water partition coefficient (Wildman–Crippen LogP) is 1.61. The molecule has 0 fully saturated rings. The molecular weight excluding hydrogens is 232 g/mol. The van der Waals surface area contributed by atoms with E-state index in [-0.39, 0.29) is 16.8 Å². The molecule has 0 aromatic rings. The Kier molecular flexibility index (Phi) is 5.74. The van der Waals surface area contributed by atoms with Gasteiger partial charge in [-0.05, 0) is 34.1 Å². The normalized spacial score (nSPS) is 16.2. The molecule has 1 unspecified atom stereocenters. The van der Waals surface area contributed by atoms with E-state index in [1.54, 1.807) is 0 Å². The Morgan fingerprint density at radius 2 is 1.72 bits per heavy atom. The summed E-state index contributed by atoms with van der Waals surface area (Å²) in [6.45, 7) is 12.3. The number of rotatable bonds is 6. The molecule has 6 nitrogen and oxygen atoms in total. The summed E-state index contributed by atoms with van der Waals surface area (Å²) in [5.74, 6) is 11.2. The SMILES string of the molecule is CCC(C)(C)NC[N+](N)(C(=O)ON)C(C)(C)CC. The van der Waals surface area contributed by atoms with Gasteiger partial charge in [0.1, 0.15) is 5.54 Å². The van der Waals surface area contributed by atoms with E-state index in [4.69, 9.17) is 11.7 Å². The maximum atomic E-state index is 11.9. The van der Waals surface area contributed by atoms with Crippen LogP contribution >= 0.6 is 0 Å². The lowest BCUT2D eigenvalue weighted by molar-refractivity contribution is -0.920. The van der Waals surface area contributed by atoms with Crippen LogP contribution in [0.4, 0.5) is 4.79 Å². The van der Waals surface area contributed by atoms with Crippen LogP contribution in [-0.2, 0) is 4.84 Å². The molecule has 0 saturated carbocycles. The lowest BCUT2D eigenvalue weighted by Gasteiger charge is -2.42. The molecule has 0 aliphatic carbocycles. The minimum Gasteiger partial charge on any atom is -0.325 e. The van der Waals surface area contributed by atoms with Gasteiger partial charge in [0.25, 0.3) is 0 Å². The third kappa shape index (κ3) is 3.65. The predicted molar refractivity (Wildman–Crippen MR) is 71.9 cm³/mol. The van der Waals surface area contributed by atoms with Gasteiger partial charge < -0.3 is 4.84 Å². The van der Waals surface area contributed by atoms with Gasteiger partial charge in [0.2, 0.25) is 0 Å². The lowest BCUT2D eigenvalue weighted by Crippen LogP contribution is -2.73. The number of nitrogens with zero attached hydrogens (tertiary/aromatic N) is 1. The highest BCUT2D eigenvalue weighted by Gasteiger charge is 2.49. The number of carbonyl (C=O) groups excluding carboxylic acids is 1. The Labute approximate surface area is 110 Å². The standard InChI is InChI=1S/C12H29N4O2/c1-7-11(3,4)15-9-16(13,10(17)18-14)12(5,6)8-2/h15H,7-9,13-14H2,1-6H3/q+1. The van der Waals surface area contributed by atoms with Crippen molar-refractivity contribution in [2.75, 3.05) is 6.67 Å². The Bertz CT molecular complexity index is 292. The van der Waals surface area contributed by atoms with Gasteiger partial charge in [-0.1, -0.05) is 13.8 Å². The van der Waals surface area contributed by atoms with Crippen LogP contribution in [-0.4, -0.2) is 28.4 Å². The van der Waals surface area contributed by atoms with E-state index in [0.29, 0.717) is 0 Å². The van der Waals surface area contributed by atoms with Crippen molar-refractivity contribution >= 4 is 6.09 Å². The first-order valence-corrected chi connectivity index (χ1v) is 6.39. The molecule has 108 valence electrons. The van der Waals surface area contributed by atoms with Gasteiger partial charge in [-0.25, -0.2) is 0 Å². The summed E-state index contributed by atoms with van der Waals surface area (Å²) in [6, 6.07) is 0. The summed E-state index contributed by atoms with van der Waals surface area (Å²) in [6.07, 6.45) is 1.02. The highest BCUT2D eigenvalue weighted by atomic mass is 16.7. The van der Waals surface area contributed by atoms with Gasteiger partial charge in [0.15, 0.2) is 6.67 Å². The Morgan fingerprint density at radius 1 is 1.22 bits per heavy atom. The van der Waals surface area contributed by atoms with Gasteiger partial charge in [0.05, 0.1) is 0 Å². The molecule has 1 amide bonds. The van der Waals surface area contributed by atoms with Crippen molar-refractivity contribution in [1.29, 1.82) is 0 Å². The largest absolute Gasteiger partial charge is 0.556 e. The number of quaternary nitrogens is 1. The number of amides is 1. The highest BCUT2D eigenvalue weighted by Crippen LogP contribution is 2.24. The molecule has 0 radical (unpaired) electrons. The zero-order valence-corrected chi connectivity index (χ0v) is 12.5. The number of hydrogen-bond donors (Lipinski definition) is 3. The quantitative estimate of drug-likeness (QED) is 0.222. The fourth-order valence-electron chi connectivity index (χ4n) is 1.37. The third-order valence-electron chi connectivity index (χ3n) is 4.06. The minimum atomic E-state index is -0.638. The van der Waals surface area contributed by atoms with Gasteiger partial charge in [0, 0.05) is 12.0 Å². The molecule has 0 spiro atoms. The third-order valence-corrected chi connectivity index (χ3v) is 4.06. The van der Waals surface area contributed by atoms with Gasteiger partial charge in [-0.2, -0.15) is 16.5 Å². The van der Waals surface area contributed by atoms with Crippen LogP contribution in [0.5, 0.6) is 0 Å². The summed E-state index contributed by atoms with van der Waals surface area (Å²) in [4.78, 5) is 16.3. The monoisotopic (exact) mass is 261 g/mol. The van der Waals surface area contributed by atoms with E-state index in [0.717, 1.165) is 12.8 Å². The minimum absolute atomic E-state index is 0.0957. The molecule has 0 aliphatic rings. The summed E-state index contributed by atoms with van der Waals surface area (Å²) in [7, 11) is 0. The summed E-state index contributed by atoms with van der Waals surface area (Å²) < 4.78 is -0.385. The van der Waals surface area contributed by atoms with Crippen molar-refractivity contribution in [1.82, 2.24) is 5.32 Å². The molecule has 1 atom stereocenters. The number of carbonyl (C=O) groups is 1. The van der Waals surface area contributed by atoms with Crippen molar-refractivity contribution in [2.24, 2.45) is 11.7 Å². The topological polar surface area (TPSA) is 90.4 Å². The maximum Gasteiger partial charge on any atom is 0.556 e. The van der Waals surface area contributed by atoms with E-state index in [9.17, 15) is 4.79 Å². The van der Waals surface area contributed by atoms with Gasteiger partial charge in [-0.15, -0.1) is 4.59 Å². The number of nitrogens with two attached hydrogens (primary N) is 2. The van der Waals surface area contributed by atoms with E-state index >= 15 is 0 Å². The molecule has 0 aliphatic heterocycles. The Balaban J connectivity index is 5.09. The van der Waals surface area contributed by atoms with Crippen LogP contribution in [0.1, 0.15) is 54.4 Å². The molecule has 0 saturated heterocycles. The van der Waals surface area contributed by atoms with Crippen molar-refractivity contribution in [3.05, 3.63) is 0 Å². The average molecular weight is 261 g/mol. The average Bonchev–Trinajstić information content (AvgIpc) is 2.34. The van der Waals surface area contributed by atoms with Crippen LogP contribution in [0, 0.1) is 0 Å². The van der Waals surface area contributed by atoms with Crippen molar-refractivity contribution in [3.63, 3.8) is 0 Å². The fourth-order valence-corrected chi connectivity index (χ4v) is 1.37. The zero-order valence-electron chi connectivity index (χ0n) is 12.5. The van der Waals surface area contributed by atoms with Crippen LogP contribution in [0.3, 0.4) is 0 Å². The van der Waals surface area contributed by atoms with Crippen LogP contribution in [0.15, 0.2) is 0 Å². The summed E-state index contributed by atoms with van der Waals surface area (Å²) in [5, 5.41) is 3.30. The second-order valence-electron chi connectivity index (χ2n) is 5.99. The van der Waals surface area contributed by atoms with E-state index < -0.39 is 11.6 Å². The molecule has 6 heteroatoms. The van der Waals surface area contributed by atoms with Crippen LogP contribution in [0.25, 0.3) is 0 Å². The van der Waals surface area contributed by atoms with Gasteiger partial charge in [-0.3, -0.25) is 5.32 Å². The molecule has 0 rings (SSSR count). The van der Waals surface area contributed by atoms with Crippen LogP contribution < -0.4 is 17.1 Å². The molecule has 0 heterocycles. The van der Waals surface area contributed by atoms with E-state index in [2.05, 4.69) is 30.9 Å². The van der Waals surface area contributed by atoms with E-state index in [1.807, 2.05) is 20.8 Å². The fraction of sp³-hybridized carbons (Fsp3) is 0.917. The van der Waals surface area contributed by atoms with Crippen molar-refractivity contribution < 1.29 is 14.2 Å². The maximum absolute atomic E-state index is 11.9. The smallest absolute Gasteiger partial charge is 0.325 e. The second-order valence-corrected chi connectivity index (χ2v) is 5.99. The summed E-state index contributed by atoms with van der Waals surface area (Å²) >= 11 is 0. The summed E-state index contributed by atoms with van der Waals surface area (Å²) in [5.41, 5.74) is -0.561. The first-order chi connectivity index (χ1) is 8.06. The molecule has 0 bridgehead atoms. The molecular formula is C12H29N4O2+. The molecule has 18 heavy (non-hydrogen) atoms. The lowest BCUT2D eigenvalue weighted by atomic mass is 9.98.